The van der Waals surface area contributed by atoms with Crippen molar-refractivity contribution in [3.63, 3.8) is 0 Å². The summed E-state index contributed by atoms with van der Waals surface area (Å²) in [7, 11) is 0. The average Bonchev–Trinajstić information content (AvgIpc) is 3.00. The molecule has 1 atom stereocenters. The van der Waals surface area contributed by atoms with Gasteiger partial charge in [-0.05, 0) is 55.5 Å². The van der Waals surface area contributed by atoms with Crippen LogP contribution in [0.3, 0.4) is 0 Å². The van der Waals surface area contributed by atoms with Crippen LogP contribution < -0.4 is 14.4 Å². The molecule has 5 nitrogen and oxygen atoms in total. The minimum Gasteiger partial charge on any atom is -0.494 e. The van der Waals surface area contributed by atoms with Crippen molar-refractivity contribution >= 4 is 33.5 Å². The molecule has 1 fully saturated rings. The minimum absolute atomic E-state index is 0.0816. The van der Waals surface area contributed by atoms with Gasteiger partial charge >= 0.3 is 5.97 Å². The van der Waals surface area contributed by atoms with Gasteiger partial charge in [0.25, 0.3) is 0 Å². The van der Waals surface area contributed by atoms with Crippen molar-refractivity contribution in [3.05, 3.63) is 53.0 Å². The normalized spacial score (nSPS) is 16.8. The van der Waals surface area contributed by atoms with Gasteiger partial charge in [-0.2, -0.15) is 0 Å². The van der Waals surface area contributed by atoms with Crippen molar-refractivity contribution in [2.75, 3.05) is 18.1 Å². The number of carbonyl (C=O) groups excluding carboxylic acids is 2. The van der Waals surface area contributed by atoms with E-state index in [-0.39, 0.29) is 18.3 Å². The number of rotatable bonds is 5. The van der Waals surface area contributed by atoms with Crippen LogP contribution in [0.25, 0.3) is 0 Å². The van der Waals surface area contributed by atoms with E-state index in [2.05, 4.69) is 15.9 Å². The smallest absolute Gasteiger partial charge is 0.316 e. The summed E-state index contributed by atoms with van der Waals surface area (Å²) in [6, 6.07) is 14.3. The van der Waals surface area contributed by atoms with E-state index in [0.717, 1.165) is 15.9 Å². The molecule has 1 saturated heterocycles. The molecule has 130 valence electrons. The number of ether oxygens (including phenoxy) is 2. The lowest BCUT2D eigenvalue weighted by Crippen LogP contribution is -2.27. The first-order valence-corrected chi connectivity index (χ1v) is 8.86. The Hall–Kier alpha value is -2.34. The molecular weight excluding hydrogens is 386 g/mol. The molecule has 1 aliphatic rings. The van der Waals surface area contributed by atoms with Crippen molar-refractivity contribution in [1.82, 2.24) is 0 Å². The predicted octanol–water partition coefficient (Wildman–Crippen LogP) is 3.81. The highest BCUT2D eigenvalue weighted by molar-refractivity contribution is 9.10. The zero-order valence-corrected chi connectivity index (χ0v) is 15.4. The van der Waals surface area contributed by atoms with Crippen LogP contribution >= 0.6 is 15.9 Å². The van der Waals surface area contributed by atoms with Crippen molar-refractivity contribution in [2.45, 2.75) is 13.3 Å². The SMILES string of the molecule is CCOc1ccc(N2C[C@H](C(=O)Oc3ccc(Br)cc3)CC2=O)cc1. The van der Waals surface area contributed by atoms with Crippen molar-refractivity contribution in [1.29, 1.82) is 0 Å². The Morgan fingerprint density at radius 3 is 2.40 bits per heavy atom. The van der Waals surface area contributed by atoms with Crippen LogP contribution in [-0.2, 0) is 9.59 Å². The van der Waals surface area contributed by atoms with Crippen molar-refractivity contribution in [3.8, 4) is 11.5 Å². The lowest BCUT2D eigenvalue weighted by atomic mass is 10.1. The van der Waals surface area contributed by atoms with Gasteiger partial charge in [0.2, 0.25) is 5.91 Å². The van der Waals surface area contributed by atoms with Crippen LogP contribution in [0.5, 0.6) is 11.5 Å². The Bertz CT molecular complexity index is 758. The number of hydrogen-bond donors (Lipinski definition) is 0. The first kappa shape index (κ1) is 17.5. The fraction of sp³-hybridized carbons (Fsp3) is 0.263. The van der Waals surface area contributed by atoms with Gasteiger partial charge in [0.15, 0.2) is 0 Å². The Morgan fingerprint density at radius 2 is 1.76 bits per heavy atom. The molecule has 0 unspecified atom stereocenters. The Kier molecular flexibility index (Phi) is 5.38. The van der Waals surface area contributed by atoms with Gasteiger partial charge < -0.3 is 14.4 Å². The number of halogens is 1. The molecule has 25 heavy (non-hydrogen) atoms. The lowest BCUT2D eigenvalue weighted by Gasteiger charge is -2.17. The third-order valence-electron chi connectivity index (χ3n) is 3.95. The molecule has 3 rings (SSSR count). The van der Waals surface area contributed by atoms with Crippen molar-refractivity contribution < 1.29 is 19.1 Å². The highest BCUT2D eigenvalue weighted by atomic mass is 79.9. The topological polar surface area (TPSA) is 55.8 Å². The zero-order valence-electron chi connectivity index (χ0n) is 13.8. The summed E-state index contributed by atoms with van der Waals surface area (Å²) >= 11 is 3.33. The quantitative estimate of drug-likeness (QED) is 0.562. The van der Waals surface area contributed by atoms with Crippen LogP contribution in [0.15, 0.2) is 53.0 Å². The molecule has 1 amide bonds. The average molecular weight is 404 g/mol. The van der Waals surface area contributed by atoms with Crippen LogP contribution in [0.2, 0.25) is 0 Å². The molecule has 2 aromatic rings. The van der Waals surface area contributed by atoms with E-state index in [9.17, 15) is 9.59 Å². The largest absolute Gasteiger partial charge is 0.494 e. The van der Waals surface area contributed by atoms with E-state index in [1.54, 1.807) is 29.2 Å². The number of carbonyl (C=O) groups is 2. The number of amides is 1. The second-order valence-electron chi connectivity index (χ2n) is 5.71. The molecule has 0 bridgehead atoms. The molecular formula is C19H18BrNO4. The highest BCUT2D eigenvalue weighted by Gasteiger charge is 2.36. The fourth-order valence-electron chi connectivity index (χ4n) is 2.71. The van der Waals surface area contributed by atoms with E-state index >= 15 is 0 Å². The molecule has 1 heterocycles. The lowest BCUT2D eigenvalue weighted by molar-refractivity contribution is -0.139. The number of anilines is 1. The van der Waals surface area contributed by atoms with Gasteiger partial charge in [-0.3, -0.25) is 9.59 Å². The maximum Gasteiger partial charge on any atom is 0.316 e. The van der Waals surface area contributed by atoms with Crippen LogP contribution in [0.4, 0.5) is 5.69 Å². The Labute approximate surface area is 154 Å². The van der Waals surface area contributed by atoms with Gasteiger partial charge in [0, 0.05) is 23.1 Å². The molecule has 0 radical (unpaired) electrons. The number of nitrogens with zero attached hydrogens (tertiary/aromatic N) is 1. The number of hydrogen-bond acceptors (Lipinski definition) is 4. The molecule has 0 N–H and O–H groups in total. The van der Waals surface area contributed by atoms with Gasteiger partial charge in [-0.25, -0.2) is 0 Å². The summed E-state index contributed by atoms with van der Waals surface area (Å²) in [5.74, 6) is 0.290. The summed E-state index contributed by atoms with van der Waals surface area (Å²) in [6.45, 7) is 2.83. The van der Waals surface area contributed by atoms with E-state index < -0.39 is 5.92 Å². The molecule has 0 saturated carbocycles. The van der Waals surface area contributed by atoms with E-state index in [4.69, 9.17) is 9.47 Å². The Morgan fingerprint density at radius 1 is 1.12 bits per heavy atom. The molecule has 0 spiro atoms. The maximum absolute atomic E-state index is 12.3. The van der Waals surface area contributed by atoms with Crippen LogP contribution in [-0.4, -0.2) is 25.0 Å². The summed E-state index contributed by atoms with van der Waals surface area (Å²) in [5, 5.41) is 0. The first-order chi connectivity index (χ1) is 12.1. The molecule has 6 heteroatoms. The van der Waals surface area contributed by atoms with Gasteiger partial charge in [0.1, 0.15) is 11.5 Å². The van der Waals surface area contributed by atoms with Gasteiger partial charge in [0.05, 0.1) is 12.5 Å². The van der Waals surface area contributed by atoms with Crippen LogP contribution in [0.1, 0.15) is 13.3 Å². The van der Waals surface area contributed by atoms with Crippen molar-refractivity contribution in [2.24, 2.45) is 5.92 Å². The van der Waals surface area contributed by atoms with E-state index in [1.165, 1.54) is 0 Å². The van der Waals surface area contributed by atoms with E-state index in [0.29, 0.717) is 18.9 Å². The molecule has 1 aliphatic heterocycles. The third kappa shape index (κ3) is 4.20. The maximum atomic E-state index is 12.3. The fourth-order valence-corrected chi connectivity index (χ4v) is 2.97. The molecule has 0 aromatic heterocycles. The molecule has 0 aliphatic carbocycles. The second-order valence-corrected chi connectivity index (χ2v) is 6.62. The van der Waals surface area contributed by atoms with Crippen LogP contribution in [0, 0.1) is 5.92 Å². The van der Waals surface area contributed by atoms with Gasteiger partial charge in [-0.1, -0.05) is 15.9 Å². The zero-order chi connectivity index (χ0) is 17.8. The second kappa shape index (κ2) is 7.70. The number of benzene rings is 2. The standard InChI is InChI=1S/C19H18BrNO4/c1-2-24-16-9-5-15(6-10-16)21-12-13(11-18(21)22)19(23)25-17-7-3-14(20)4-8-17/h3-10,13H,2,11-12H2,1H3/t13-/m1/s1. The van der Waals surface area contributed by atoms with E-state index in [1.807, 2.05) is 31.2 Å². The summed E-state index contributed by atoms with van der Waals surface area (Å²) in [4.78, 5) is 26.2. The predicted molar refractivity (Wildman–Crippen MR) is 97.8 cm³/mol. The molecule has 2 aromatic carbocycles. The third-order valence-corrected chi connectivity index (χ3v) is 4.48. The highest BCUT2D eigenvalue weighted by Crippen LogP contribution is 2.28. The summed E-state index contributed by atoms with van der Waals surface area (Å²) in [6.07, 6.45) is 0.155. The Balaban J connectivity index is 1.65. The summed E-state index contributed by atoms with van der Waals surface area (Å²) < 4.78 is 11.7. The summed E-state index contributed by atoms with van der Waals surface area (Å²) in [5.41, 5.74) is 0.757. The first-order valence-electron chi connectivity index (χ1n) is 8.07. The minimum atomic E-state index is -0.470. The number of esters is 1. The monoisotopic (exact) mass is 403 g/mol. The van der Waals surface area contributed by atoms with Gasteiger partial charge in [-0.15, -0.1) is 0 Å².